The maximum Gasteiger partial charge on any atom is 0.307 e. The van der Waals surface area contributed by atoms with Crippen LogP contribution in [0.2, 0.25) is 0 Å². The monoisotopic (exact) mass is 453 g/mol. The second-order valence-corrected chi connectivity index (χ2v) is 7.92. The molecule has 168 valence electrons. The Hall–Kier alpha value is -4.72. The van der Waals surface area contributed by atoms with Gasteiger partial charge in [-0.3, -0.25) is 14.9 Å². The molecule has 2 heterocycles. The summed E-state index contributed by atoms with van der Waals surface area (Å²) in [6.45, 7) is 3.70. The van der Waals surface area contributed by atoms with E-state index < -0.39 is 10.8 Å². The third-order valence-corrected chi connectivity index (χ3v) is 5.71. The third-order valence-electron chi connectivity index (χ3n) is 5.71. The van der Waals surface area contributed by atoms with E-state index in [-0.39, 0.29) is 11.4 Å². The summed E-state index contributed by atoms with van der Waals surface area (Å²) >= 11 is 0. The number of furan rings is 2. The molecule has 0 aliphatic carbocycles. The fourth-order valence-corrected chi connectivity index (χ4v) is 3.83. The number of hydrazone groups is 1. The molecule has 0 atom stereocenters. The Morgan fingerprint density at radius 1 is 0.971 bits per heavy atom. The van der Waals surface area contributed by atoms with Gasteiger partial charge in [-0.1, -0.05) is 30.3 Å². The maximum atomic E-state index is 12.5. The van der Waals surface area contributed by atoms with Crippen molar-refractivity contribution in [3.8, 4) is 11.3 Å². The second-order valence-electron chi connectivity index (χ2n) is 7.92. The fourth-order valence-electron chi connectivity index (χ4n) is 3.83. The molecule has 8 nitrogen and oxygen atoms in total. The number of nitro benzene ring substituents is 1. The fraction of sp³-hybridized carbons (Fsp3) is 0.0769. The lowest BCUT2D eigenvalue weighted by Gasteiger charge is -2.04. The van der Waals surface area contributed by atoms with E-state index in [9.17, 15) is 14.9 Å². The number of aryl methyl sites for hydroxylation is 2. The van der Waals surface area contributed by atoms with Gasteiger partial charge in [0, 0.05) is 11.5 Å². The van der Waals surface area contributed by atoms with Crippen molar-refractivity contribution in [1.29, 1.82) is 0 Å². The van der Waals surface area contributed by atoms with Crippen molar-refractivity contribution in [2.24, 2.45) is 5.10 Å². The van der Waals surface area contributed by atoms with Gasteiger partial charge in [0.15, 0.2) is 5.76 Å². The first-order valence-corrected chi connectivity index (χ1v) is 10.5. The van der Waals surface area contributed by atoms with Crippen molar-refractivity contribution in [3.05, 3.63) is 99.5 Å². The molecule has 5 aromatic rings. The number of carbonyl (C=O) groups excluding carboxylic acids is 1. The van der Waals surface area contributed by atoms with Gasteiger partial charge in [-0.15, -0.1) is 0 Å². The van der Waals surface area contributed by atoms with Gasteiger partial charge in [0.1, 0.15) is 17.1 Å². The Kier molecular flexibility index (Phi) is 5.18. The van der Waals surface area contributed by atoms with Crippen LogP contribution in [0.3, 0.4) is 0 Å². The molecule has 0 fully saturated rings. The number of hydrogen-bond acceptors (Lipinski definition) is 6. The minimum absolute atomic E-state index is 0.0355. The third kappa shape index (κ3) is 3.81. The SMILES string of the molecule is Cc1cc(-c2ccc(/C=N/NC(=O)c3cc4c(ccc5ccccc54)o3)o2)c([N+](=O)[O-])cc1C. The van der Waals surface area contributed by atoms with Crippen LogP contribution in [0.25, 0.3) is 33.1 Å². The van der Waals surface area contributed by atoms with Crippen LogP contribution in [0.1, 0.15) is 27.4 Å². The summed E-state index contributed by atoms with van der Waals surface area (Å²) in [4.78, 5) is 23.6. The number of nitrogens with one attached hydrogen (secondary N) is 1. The summed E-state index contributed by atoms with van der Waals surface area (Å²) < 4.78 is 11.4. The van der Waals surface area contributed by atoms with Crippen molar-refractivity contribution in [2.75, 3.05) is 0 Å². The number of benzene rings is 3. The zero-order valence-corrected chi connectivity index (χ0v) is 18.4. The van der Waals surface area contributed by atoms with Crippen LogP contribution in [0.5, 0.6) is 0 Å². The molecule has 5 rings (SSSR count). The normalized spacial score (nSPS) is 11.5. The molecular weight excluding hydrogens is 434 g/mol. The minimum Gasteiger partial charge on any atom is -0.455 e. The van der Waals surface area contributed by atoms with Gasteiger partial charge < -0.3 is 8.83 Å². The highest BCUT2D eigenvalue weighted by molar-refractivity contribution is 6.08. The topological polar surface area (TPSA) is 111 Å². The predicted molar refractivity (Wildman–Crippen MR) is 129 cm³/mol. The number of carbonyl (C=O) groups is 1. The van der Waals surface area contributed by atoms with Gasteiger partial charge in [-0.25, -0.2) is 5.43 Å². The lowest BCUT2D eigenvalue weighted by atomic mass is 10.0. The Labute approximate surface area is 193 Å². The van der Waals surface area contributed by atoms with Crippen molar-refractivity contribution in [2.45, 2.75) is 13.8 Å². The highest BCUT2D eigenvalue weighted by Crippen LogP contribution is 2.33. The molecule has 0 unspecified atom stereocenters. The number of rotatable bonds is 5. The highest BCUT2D eigenvalue weighted by Gasteiger charge is 2.19. The van der Waals surface area contributed by atoms with Crippen LogP contribution in [0, 0.1) is 24.0 Å². The zero-order valence-electron chi connectivity index (χ0n) is 18.4. The zero-order chi connectivity index (χ0) is 23.8. The van der Waals surface area contributed by atoms with Crippen molar-refractivity contribution < 1.29 is 18.6 Å². The first kappa shape index (κ1) is 21.1. The molecule has 3 aromatic carbocycles. The van der Waals surface area contributed by atoms with E-state index in [1.165, 1.54) is 12.3 Å². The Morgan fingerprint density at radius 3 is 2.59 bits per heavy atom. The molecule has 34 heavy (non-hydrogen) atoms. The summed E-state index contributed by atoms with van der Waals surface area (Å²) in [5.74, 6) is 0.299. The van der Waals surface area contributed by atoms with Crippen molar-refractivity contribution in [1.82, 2.24) is 5.43 Å². The van der Waals surface area contributed by atoms with Crippen LogP contribution in [0.4, 0.5) is 5.69 Å². The van der Waals surface area contributed by atoms with Crippen LogP contribution < -0.4 is 5.43 Å². The number of nitro groups is 1. The lowest BCUT2D eigenvalue weighted by Crippen LogP contribution is -2.16. The van der Waals surface area contributed by atoms with Crippen LogP contribution >= 0.6 is 0 Å². The Morgan fingerprint density at radius 2 is 1.76 bits per heavy atom. The van der Waals surface area contributed by atoms with Gasteiger partial charge in [0.25, 0.3) is 5.69 Å². The summed E-state index contributed by atoms with van der Waals surface area (Å²) in [5.41, 5.74) is 5.11. The average molecular weight is 453 g/mol. The van der Waals surface area contributed by atoms with E-state index in [1.54, 1.807) is 24.3 Å². The Bertz CT molecular complexity index is 1610. The summed E-state index contributed by atoms with van der Waals surface area (Å²) in [6.07, 6.45) is 1.33. The summed E-state index contributed by atoms with van der Waals surface area (Å²) in [7, 11) is 0. The molecule has 8 heteroatoms. The van der Waals surface area contributed by atoms with Crippen LogP contribution in [-0.4, -0.2) is 17.0 Å². The van der Waals surface area contributed by atoms with E-state index in [0.29, 0.717) is 22.7 Å². The molecule has 0 spiro atoms. The molecule has 0 radical (unpaired) electrons. The number of nitrogens with zero attached hydrogens (tertiary/aromatic N) is 2. The quantitative estimate of drug-likeness (QED) is 0.195. The standard InChI is InChI=1S/C26H19N3O5/c1-15-11-21(22(29(31)32)12-16(15)2)24-10-8-18(33-24)14-27-28-26(30)25-13-20-19-6-4-3-5-17(19)7-9-23(20)34-25/h3-14H,1-2H3,(H,28,30)/b27-14+. The van der Waals surface area contributed by atoms with E-state index in [2.05, 4.69) is 10.5 Å². The van der Waals surface area contributed by atoms with Crippen molar-refractivity contribution in [3.63, 3.8) is 0 Å². The Balaban J connectivity index is 1.35. The first-order chi connectivity index (χ1) is 16.4. The summed E-state index contributed by atoms with van der Waals surface area (Å²) in [6, 6.07) is 19.8. The number of hydrogen-bond donors (Lipinski definition) is 1. The largest absolute Gasteiger partial charge is 0.455 e. The molecule has 0 aliphatic heterocycles. The second kappa shape index (κ2) is 8.32. The average Bonchev–Trinajstić information content (AvgIpc) is 3.48. The van der Waals surface area contributed by atoms with Crippen LogP contribution in [-0.2, 0) is 0 Å². The lowest BCUT2D eigenvalue weighted by molar-refractivity contribution is -0.384. The van der Waals surface area contributed by atoms with Gasteiger partial charge >= 0.3 is 5.91 Å². The number of amides is 1. The minimum atomic E-state index is -0.506. The summed E-state index contributed by atoms with van der Waals surface area (Å²) in [5, 5.41) is 18.3. The molecule has 0 saturated heterocycles. The van der Waals surface area contributed by atoms with Crippen molar-refractivity contribution >= 4 is 39.6 Å². The van der Waals surface area contributed by atoms with E-state index in [4.69, 9.17) is 8.83 Å². The smallest absolute Gasteiger partial charge is 0.307 e. The molecule has 0 aliphatic rings. The predicted octanol–water partition coefficient (Wildman–Crippen LogP) is 6.13. The first-order valence-electron chi connectivity index (χ1n) is 10.5. The molecule has 2 aromatic heterocycles. The molecule has 1 N–H and O–H groups in total. The van der Waals surface area contributed by atoms with Gasteiger partial charge in [0.2, 0.25) is 0 Å². The van der Waals surface area contributed by atoms with E-state index in [1.807, 2.05) is 50.2 Å². The van der Waals surface area contributed by atoms with Gasteiger partial charge in [0.05, 0.1) is 16.7 Å². The van der Waals surface area contributed by atoms with Crippen LogP contribution in [0.15, 0.2) is 80.7 Å². The molecular formula is C26H19N3O5. The maximum absolute atomic E-state index is 12.5. The number of fused-ring (bicyclic) bond motifs is 3. The molecule has 0 saturated carbocycles. The van der Waals surface area contributed by atoms with E-state index >= 15 is 0 Å². The highest BCUT2D eigenvalue weighted by atomic mass is 16.6. The van der Waals surface area contributed by atoms with E-state index in [0.717, 1.165) is 27.3 Å². The van der Waals surface area contributed by atoms with Gasteiger partial charge in [-0.05, 0) is 66.1 Å². The molecule has 1 amide bonds. The van der Waals surface area contributed by atoms with Gasteiger partial charge in [-0.2, -0.15) is 5.10 Å². The molecule has 0 bridgehead atoms.